The molecule has 1 fully saturated rings. The van der Waals surface area contributed by atoms with Crippen LogP contribution >= 0.6 is 0 Å². The average Bonchev–Trinajstić information content (AvgIpc) is 3.02. The van der Waals surface area contributed by atoms with Gasteiger partial charge in [0.05, 0.1) is 5.56 Å². The predicted molar refractivity (Wildman–Crippen MR) is 61.8 cm³/mol. The molecule has 4 heteroatoms. The van der Waals surface area contributed by atoms with E-state index in [1.165, 1.54) is 18.9 Å². The second-order valence-corrected chi connectivity index (χ2v) is 4.44. The topological polar surface area (TPSA) is 53.4 Å². The number of pyridine rings is 1. The Morgan fingerprint density at radius 3 is 2.75 bits per heavy atom. The quantitative estimate of drug-likeness (QED) is 0.844. The van der Waals surface area contributed by atoms with Crippen molar-refractivity contribution in [2.24, 2.45) is 0 Å². The summed E-state index contributed by atoms with van der Waals surface area (Å²) in [5, 5.41) is 8.94. The number of nitrogens with zero attached hydrogens (tertiary/aromatic N) is 2. The van der Waals surface area contributed by atoms with Crippen LogP contribution in [0.4, 0.5) is 5.82 Å². The Hall–Kier alpha value is -1.58. The van der Waals surface area contributed by atoms with E-state index < -0.39 is 5.97 Å². The molecule has 0 amide bonds. The van der Waals surface area contributed by atoms with Crippen LogP contribution < -0.4 is 4.90 Å². The highest BCUT2D eigenvalue weighted by Gasteiger charge is 2.31. The minimum atomic E-state index is -0.900. The molecule has 0 saturated heterocycles. The van der Waals surface area contributed by atoms with E-state index >= 15 is 0 Å². The lowest BCUT2D eigenvalue weighted by atomic mass is 10.2. The number of anilines is 1. The van der Waals surface area contributed by atoms with Gasteiger partial charge in [0, 0.05) is 18.3 Å². The maximum absolute atomic E-state index is 10.9. The Balaban J connectivity index is 2.30. The molecule has 1 aromatic heterocycles. The van der Waals surface area contributed by atoms with E-state index in [0.29, 0.717) is 17.6 Å². The largest absolute Gasteiger partial charge is 0.478 e. The smallest absolute Gasteiger partial charge is 0.335 e. The second kappa shape index (κ2) is 4.12. The van der Waals surface area contributed by atoms with E-state index in [0.717, 1.165) is 5.82 Å². The molecular weight excluding hydrogens is 204 g/mol. The first kappa shape index (κ1) is 10.9. The molecule has 0 aliphatic heterocycles. The number of hydrogen-bond donors (Lipinski definition) is 1. The zero-order valence-electron chi connectivity index (χ0n) is 9.55. The summed E-state index contributed by atoms with van der Waals surface area (Å²) in [6.45, 7) is 4.21. The van der Waals surface area contributed by atoms with Crippen LogP contribution in [0.1, 0.15) is 37.0 Å². The SMILES string of the molecule is CC(C)N(c1cc(C(=O)O)ccn1)C1CC1. The van der Waals surface area contributed by atoms with Crippen LogP contribution in [0, 0.1) is 0 Å². The van der Waals surface area contributed by atoms with Crippen LogP contribution in [-0.2, 0) is 0 Å². The Bertz CT molecular complexity index is 398. The van der Waals surface area contributed by atoms with Gasteiger partial charge in [0.15, 0.2) is 0 Å². The third kappa shape index (κ3) is 2.15. The molecule has 86 valence electrons. The molecule has 1 aromatic rings. The van der Waals surface area contributed by atoms with Crippen molar-refractivity contribution in [2.75, 3.05) is 4.90 Å². The van der Waals surface area contributed by atoms with Gasteiger partial charge in [-0.2, -0.15) is 0 Å². The summed E-state index contributed by atoms with van der Waals surface area (Å²) in [6, 6.07) is 4.07. The lowest BCUT2D eigenvalue weighted by Gasteiger charge is -2.27. The molecule has 0 aromatic carbocycles. The van der Waals surface area contributed by atoms with Crippen molar-refractivity contribution >= 4 is 11.8 Å². The molecule has 0 unspecified atom stereocenters. The number of carboxylic acids is 1. The van der Waals surface area contributed by atoms with Crippen molar-refractivity contribution in [3.05, 3.63) is 23.9 Å². The summed E-state index contributed by atoms with van der Waals surface area (Å²) in [5.74, 6) is -0.124. The Morgan fingerprint density at radius 1 is 1.56 bits per heavy atom. The molecule has 1 aliphatic carbocycles. The van der Waals surface area contributed by atoms with Crippen molar-refractivity contribution in [3.8, 4) is 0 Å². The lowest BCUT2D eigenvalue weighted by Crippen LogP contribution is -2.33. The van der Waals surface area contributed by atoms with Gasteiger partial charge in [0.1, 0.15) is 5.82 Å². The van der Waals surface area contributed by atoms with Gasteiger partial charge in [0.2, 0.25) is 0 Å². The highest BCUT2D eigenvalue weighted by atomic mass is 16.4. The van der Waals surface area contributed by atoms with Crippen LogP contribution in [0.3, 0.4) is 0 Å². The summed E-state index contributed by atoms with van der Waals surface area (Å²) in [4.78, 5) is 17.4. The third-order valence-corrected chi connectivity index (χ3v) is 2.75. The number of aromatic carboxylic acids is 1. The van der Waals surface area contributed by atoms with Crippen LogP contribution in [-0.4, -0.2) is 28.1 Å². The van der Waals surface area contributed by atoms with Gasteiger partial charge >= 0.3 is 5.97 Å². The molecule has 0 spiro atoms. The van der Waals surface area contributed by atoms with Gasteiger partial charge in [-0.25, -0.2) is 9.78 Å². The minimum Gasteiger partial charge on any atom is -0.478 e. The molecule has 16 heavy (non-hydrogen) atoms. The first-order valence-corrected chi connectivity index (χ1v) is 5.57. The average molecular weight is 220 g/mol. The van der Waals surface area contributed by atoms with Crippen molar-refractivity contribution in [2.45, 2.75) is 38.8 Å². The third-order valence-electron chi connectivity index (χ3n) is 2.75. The standard InChI is InChI=1S/C12H16N2O2/c1-8(2)14(10-3-4-10)11-7-9(12(15)16)5-6-13-11/h5-8,10H,3-4H2,1-2H3,(H,15,16). The van der Waals surface area contributed by atoms with E-state index in [1.54, 1.807) is 12.3 Å². The van der Waals surface area contributed by atoms with Gasteiger partial charge in [0.25, 0.3) is 0 Å². The van der Waals surface area contributed by atoms with Gasteiger partial charge in [-0.1, -0.05) is 0 Å². The first-order valence-electron chi connectivity index (χ1n) is 5.57. The molecule has 1 heterocycles. The summed E-state index contributed by atoms with van der Waals surface area (Å²) in [6.07, 6.45) is 3.92. The number of aromatic nitrogens is 1. The van der Waals surface area contributed by atoms with Crippen LogP contribution in [0.25, 0.3) is 0 Å². The van der Waals surface area contributed by atoms with Gasteiger partial charge in [-0.15, -0.1) is 0 Å². The molecule has 0 atom stereocenters. The molecule has 4 nitrogen and oxygen atoms in total. The molecule has 1 aliphatic rings. The highest BCUT2D eigenvalue weighted by Crippen LogP contribution is 2.32. The molecule has 1 saturated carbocycles. The van der Waals surface area contributed by atoms with Gasteiger partial charge < -0.3 is 10.0 Å². The molecular formula is C12H16N2O2. The number of rotatable bonds is 4. The van der Waals surface area contributed by atoms with Crippen LogP contribution in [0.2, 0.25) is 0 Å². The maximum Gasteiger partial charge on any atom is 0.335 e. The molecule has 1 N–H and O–H groups in total. The summed E-state index contributed by atoms with van der Waals surface area (Å²) in [7, 11) is 0. The molecule has 2 rings (SSSR count). The fraction of sp³-hybridized carbons (Fsp3) is 0.500. The highest BCUT2D eigenvalue weighted by molar-refractivity contribution is 5.88. The van der Waals surface area contributed by atoms with E-state index in [4.69, 9.17) is 5.11 Å². The lowest BCUT2D eigenvalue weighted by molar-refractivity contribution is 0.0696. The number of hydrogen-bond acceptors (Lipinski definition) is 3. The summed E-state index contributed by atoms with van der Waals surface area (Å²) < 4.78 is 0. The van der Waals surface area contributed by atoms with Gasteiger partial charge in [-0.05, 0) is 38.8 Å². The zero-order valence-corrected chi connectivity index (χ0v) is 9.55. The Kier molecular flexibility index (Phi) is 2.81. The van der Waals surface area contributed by atoms with Crippen molar-refractivity contribution < 1.29 is 9.90 Å². The fourth-order valence-corrected chi connectivity index (χ4v) is 1.92. The van der Waals surface area contributed by atoms with Crippen LogP contribution in [0.5, 0.6) is 0 Å². The van der Waals surface area contributed by atoms with E-state index in [2.05, 4.69) is 23.7 Å². The summed E-state index contributed by atoms with van der Waals surface area (Å²) >= 11 is 0. The summed E-state index contributed by atoms with van der Waals surface area (Å²) in [5.41, 5.74) is 0.302. The molecule has 0 bridgehead atoms. The second-order valence-electron chi connectivity index (χ2n) is 4.44. The van der Waals surface area contributed by atoms with E-state index in [-0.39, 0.29) is 0 Å². The number of carbonyl (C=O) groups is 1. The van der Waals surface area contributed by atoms with Crippen molar-refractivity contribution in [1.82, 2.24) is 4.98 Å². The maximum atomic E-state index is 10.9. The molecule has 0 radical (unpaired) electrons. The zero-order chi connectivity index (χ0) is 11.7. The van der Waals surface area contributed by atoms with Crippen molar-refractivity contribution in [3.63, 3.8) is 0 Å². The fourth-order valence-electron chi connectivity index (χ4n) is 1.92. The van der Waals surface area contributed by atoms with Gasteiger partial charge in [-0.3, -0.25) is 0 Å². The monoisotopic (exact) mass is 220 g/mol. The minimum absolute atomic E-state index is 0.302. The predicted octanol–water partition coefficient (Wildman–Crippen LogP) is 2.16. The van der Waals surface area contributed by atoms with Crippen LogP contribution in [0.15, 0.2) is 18.3 Å². The normalized spacial score (nSPS) is 15.2. The Labute approximate surface area is 94.9 Å². The number of carboxylic acid groups (broad SMARTS) is 1. The van der Waals surface area contributed by atoms with Crippen molar-refractivity contribution in [1.29, 1.82) is 0 Å². The van der Waals surface area contributed by atoms with E-state index in [1.807, 2.05) is 0 Å². The first-order chi connectivity index (χ1) is 7.59. The Morgan fingerprint density at radius 2 is 2.25 bits per heavy atom. The van der Waals surface area contributed by atoms with E-state index in [9.17, 15) is 4.79 Å².